The van der Waals surface area contributed by atoms with Crippen molar-refractivity contribution >= 4 is 0 Å². The molecule has 3 atom stereocenters. The summed E-state index contributed by atoms with van der Waals surface area (Å²) >= 11 is 0. The van der Waals surface area contributed by atoms with Crippen LogP contribution in [-0.2, 0) is 0 Å². The van der Waals surface area contributed by atoms with E-state index in [0.29, 0.717) is 12.0 Å². The number of piperidine rings is 1. The summed E-state index contributed by atoms with van der Waals surface area (Å²) in [6, 6.07) is 9.19. The molecule has 3 N–H and O–H groups in total. The zero-order chi connectivity index (χ0) is 12.3. The molecule has 1 aliphatic heterocycles. The fourth-order valence-electron chi connectivity index (χ4n) is 2.67. The highest BCUT2D eigenvalue weighted by Gasteiger charge is 2.28. The molecule has 0 radical (unpaired) electrons. The molecule has 1 aromatic carbocycles. The average molecular weight is 234 g/mol. The van der Waals surface area contributed by atoms with Crippen LogP contribution >= 0.6 is 0 Å². The Morgan fingerprint density at radius 3 is 2.65 bits per heavy atom. The van der Waals surface area contributed by atoms with Gasteiger partial charge in [-0.05, 0) is 30.5 Å². The Kier molecular flexibility index (Phi) is 4.02. The average Bonchev–Trinajstić information content (AvgIpc) is 2.39. The van der Waals surface area contributed by atoms with E-state index in [0.717, 1.165) is 25.1 Å². The lowest BCUT2D eigenvalue weighted by molar-refractivity contribution is 0.314. The SMILES string of the molecule is CCC1NCC(N)CC1c1ccc(OC)cc1. The number of hydrogen-bond acceptors (Lipinski definition) is 3. The van der Waals surface area contributed by atoms with Crippen LogP contribution in [0.5, 0.6) is 5.75 Å². The summed E-state index contributed by atoms with van der Waals surface area (Å²) in [5, 5.41) is 3.54. The summed E-state index contributed by atoms with van der Waals surface area (Å²) in [4.78, 5) is 0. The molecule has 1 fully saturated rings. The molecule has 3 heteroatoms. The first-order valence-electron chi connectivity index (χ1n) is 6.37. The quantitative estimate of drug-likeness (QED) is 0.839. The maximum Gasteiger partial charge on any atom is 0.118 e. The lowest BCUT2D eigenvalue weighted by Gasteiger charge is -2.35. The van der Waals surface area contributed by atoms with Crippen molar-refractivity contribution in [3.8, 4) is 5.75 Å². The number of nitrogens with two attached hydrogens (primary N) is 1. The number of hydrogen-bond donors (Lipinski definition) is 2. The monoisotopic (exact) mass is 234 g/mol. The second-order valence-electron chi connectivity index (χ2n) is 4.80. The lowest BCUT2D eigenvalue weighted by atomic mass is 9.82. The van der Waals surface area contributed by atoms with Gasteiger partial charge in [-0.15, -0.1) is 0 Å². The van der Waals surface area contributed by atoms with E-state index in [9.17, 15) is 0 Å². The third kappa shape index (κ3) is 2.79. The van der Waals surface area contributed by atoms with Crippen molar-refractivity contribution in [1.82, 2.24) is 5.32 Å². The molecule has 1 saturated heterocycles. The second kappa shape index (κ2) is 5.52. The largest absolute Gasteiger partial charge is 0.497 e. The van der Waals surface area contributed by atoms with Gasteiger partial charge in [0.05, 0.1) is 7.11 Å². The number of nitrogens with one attached hydrogen (secondary N) is 1. The third-order valence-electron chi connectivity index (χ3n) is 3.67. The van der Waals surface area contributed by atoms with Crippen molar-refractivity contribution in [1.29, 1.82) is 0 Å². The minimum absolute atomic E-state index is 0.268. The molecule has 0 aliphatic carbocycles. The predicted molar refractivity (Wildman–Crippen MR) is 70.4 cm³/mol. The number of benzene rings is 1. The van der Waals surface area contributed by atoms with Gasteiger partial charge in [0, 0.05) is 24.5 Å². The van der Waals surface area contributed by atoms with Gasteiger partial charge in [-0.3, -0.25) is 0 Å². The van der Waals surface area contributed by atoms with Gasteiger partial charge in [-0.25, -0.2) is 0 Å². The van der Waals surface area contributed by atoms with Crippen LogP contribution < -0.4 is 15.8 Å². The highest BCUT2D eigenvalue weighted by molar-refractivity contribution is 5.30. The van der Waals surface area contributed by atoms with Gasteiger partial charge in [0.2, 0.25) is 0 Å². The van der Waals surface area contributed by atoms with Crippen molar-refractivity contribution in [2.75, 3.05) is 13.7 Å². The Balaban J connectivity index is 2.16. The summed E-state index contributed by atoms with van der Waals surface area (Å²) in [7, 11) is 1.70. The molecule has 3 unspecified atom stereocenters. The Morgan fingerprint density at radius 1 is 1.35 bits per heavy atom. The van der Waals surface area contributed by atoms with E-state index in [4.69, 9.17) is 10.5 Å². The smallest absolute Gasteiger partial charge is 0.118 e. The maximum atomic E-state index is 6.05. The van der Waals surface area contributed by atoms with Crippen LogP contribution in [0.3, 0.4) is 0 Å². The topological polar surface area (TPSA) is 47.3 Å². The van der Waals surface area contributed by atoms with E-state index in [-0.39, 0.29) is 6.04 Å². The van der Waals surface area contributed by atoms with Crippen LogP contribution in [0.2, 0.25) is 0 Å². The van der Waals surface area contributed by atoms with Gasteiger partial charge in [0.15, 0.2) is 0 Å². The van der Waals surface area contributed by atoms with Crippen LogP contribution in [0.25, 0.3) is 0 Å². The molecule has 3 nitrogen and oxygen atoms in total. The van der Waals surface area contributed by atoms with Crippen molar-refractivity contribution in [3.05, 3.63) is 29.8 Å². The van der Waals surface area contributed by atoms with E-state index in [1.165, 1.54) is 5.56 Å². The number of methoxy groups -OCH3 is 1. The molecule has 17 heavy (non-hydrogen) atoms. The Bertz CT molecular complexity index is 350. The van der Waals surface area contributed by atoms with Gasteiger partial charge in [-0.2, -0.15) is 0 Å². The molecule has 0 bridgehead atoms. The van der Waals surface area contributed by atoms with E-state index in [2.05, 4.69) is 24.4 Å². The summed E-state index contributed by atoms with van der Waals surface area (Å²) in [6.45, 7) is 3.16. The van der Waals surface area contributed by atoms with Crippen LogP contribution in [0.1, 0.15) is 31.2 Å². The first-order valence-corrected chi connectivity index (χ1v) is 6.37. The molecule has 0 aromatic heterocycles. The van der Waals surface area contributed by atoms with E-state index in [1.807, 2.05) is 12.1 Å². The fraction of sp³-hybridized carbons (Fsp3) is 0.571. The second-order valence-corrected chi connectivity index (χ2v) is 4.80. The molecule has 1 aromatic rings. The van der Waals surface area contributed by atoms with Crippen LogP contribution in [0, 0.1) is 0 Å². The van der Waals surface area contributed by atoms with Gasteiger partial charge in [-0.1, -0.05) is 19.1 Å². The van der Waals surface area contributed by atoms with Gasteiger partial charge >= 0.3 is 0 Å². The van der Waals surface area contributed by atoms with E-state index < -0.39 is 0 Å². The Hall–Kier alpha value is -1.06. The minimum Gasteiger partial charge on any atom is -0.497 e. The molecular formula is C14H22N2O. The van der Waals surface area contributed by atoms with Gasteiger partial charge in [0.25, 0.3) is 0 Å². The molecule has 2 rings (SSSR count). The van der Waals surface area contributed by atoms with Crippen LogP contribution in [0.4, 0.5) is 0 Å². The predicted octanol–water partition coefficient (Wildman–Crippen LogP) is 1.88. The normalized spacial score (nSPS) is 29.0. The zero-order valence-electron chi connectivity index (χ0n) is 10.6. The van der Waals surface area contributed by atoms with Crippen molar-refractivity contribution in [2.45, 2.75) is 37.8 Å². The van der Waals surface area contributed by atoms with Crippen LogP contribution in [0.15, 0.2) is 24.3 Å². The summed E-state index contributed by atoms with van der Waals surface area (Å²) < 4.78 is 5.19. The lowest BCUT2D eigenvalue weighted by Crippen LogP contribution is -2.49. The molecule has 94 valence electrons. The van der Waals surface area contributed by atoms with Crippen molar-refractivity contribution in [3.63, 3.8) is 0 Å². The molecule has 1 aliphatic rings. The summed E-state index contributed by atoms with van der Waals surface area (Å²) in [5.74, 6) is 1.43. The minimum atomic E-state index is 0.268. The maximum absolute atomic E-state index is 6.05. The summed E-state index contributed by atoms with van der Waals surface area (Å²) in [6.07, 6.45) is 2.21. The Labute approximate surface area is 103 Å². The van der Waals surface area contributed by atoms with Gasteiger partial charge in [0.1, 0.15) is 5.75 Å². The van der Waals surface area contributed by atoms with Gasteiger partial charge < -0.3 is 15.8 Å². The number of rotatable bonds is 3. The molecule has 0 saturated carbocycles. The standard InChI is InChI=1S/C14H22N2O/c1-3-14-13(8-11(15)9-16-14)10-4-6-12(17-2)7-5-10/h4-7,11,13-14,16H,3,8-9,15H2,1-2H3. The van der Waals surface area contributed by atoms with Crippen LogP contribution in [-0.4, -0.2) is 25.7 Å². The summed E-state index contributed by atoms with van der Waals surface area (Å²) in [5.41, 5.74) is 7.41. The fourth-order valence-corrected chi connectivity index (χ4v) is 2.67. The molecule has 0 spiro atoms. The third-order valence-corrected chi connectivity index (χ3v) is 3.67. The van der Waals surface area contributed by atoms with E-state index >= 15 is 0 Å². The molecule has 0 amide bonds. The van der Waals surface area contributed by atoms with Crippen molar-refractivity contribution in [2.24, 2.45) is 5.73 Å². The zero-order valence-corrected chi connectivity index (χ0v) is 10.6. The molecule has 1 heterocycles. The first kappa shape index (κ1) is 12.4. The van der Waals surface area contributed by atoms with E-state index in [1.54, 1.807) is 7.11 Å². The number of ether oxygens (including phenoxy) is 1. The highest BCUT2D eigenvalue weighted by Crippen LogP contribution is 2.30. The molecular weight excluding hydrogens is 212 g/mol. The first-order chi connectivity index (χ1) is 8.24. The highest BCUT2D eigenvalue weighted by atomic mass is 16.5. The van der Waals surface area contributed by atoms with Crippen molar-refractivity contribution < 1.29 is 4.74 Å². The Morgan fingerprint density at radius 2 is 2.06 bits per heavy atom.